The normalized spacial score (nSPS) is 14.9. The number of nitrogens with zero attached hydrogens (tertiary/aromatic N) is 3. The number of amides is 1. The first-order valence-electron chi connectivity index (χ1n) is 6.60. The number of hydrogen-bond donors (Lipinski definition) is 0. The van der Waals surface area contributed by atoms with Crippen molar-refractivity contribution < 1.29 is 18.6 Å². The van der Waals surface area contributed by atoms with E-state index in [-0.39, 0.29) is 24.2 Å². The molecule has 110 valence electrons. The van der Waals surface area contributed by atoms with Gasteiger partial charge in [0.05, 0.1) is 19.5 Å². The maximum atomic E-state index is 13.4. The van der Waals surface area contributed by atoms with E-state index < -0.39 is 5.82 Å². The summed E-state index contributed by atoms with van der Waals surface area (Å²) in [5.74, 6) is -0.250. The Labute approximate surface area is 120 Å². The van der Waals surface area contributed by atoms with Crippen LogP contribution < -0.4 is 4.74 Å². The van der Waals surface area contributed by atoms with Crippen molar-refractivity contribution in [3.63, 3.8) is 0 Å². The van der Waals surface area contributed by atoms with E-state index in [1.807, 2.05) is 0 Å². The molecule has 1 aromatic heterocycles. The quantitative estimate of drug-likeness (QED) is 0.850. The molecular weight excluding hydrogens is 277 g/mol. The molecule has 1 aromatic carbocycles. The number of ether oxygens (including phenoxy) is 1. The van der Waals surface area contributed by atoms with Crippen LogP contribution in [0.15, 0.2) is 28.9 Å². The Morgan fingerprint density at radius 3 is 2.86 bits per heavy atom. The van der Waals surface area contributed by atoms with Gasteiger partial charge in [0.2, 0.25) is 5.91 Å². The van der Waals surface area contributed by atoms with Crippen LogP contribution in [0.2, 0.25) is 0 Å². The molecule has 2 aromatic rings. The van der Waals surface area contributed by atoms with Crippen LogP contribution in [-0.2, 0) is 11.2 Å². The fourth-order valence-corrected chi connectivity index (χ4v) is 2.10. The van der Waals surface area contributed by atoms with E-state index in [1.54, 1.807) is 30.0 Å². The molecule has 1 aliphatic heterocycles. The molecule has 21 heavy (non-hydrogen) atoms. The van der Waals surface area contributed by atoms with Crippen LogP contribution in [0.4, 0.5) is 4.39 Å². The van der Waals surface area contributed by atoms with Crippen LogP contribution in [0.5, 0.6) is 5.75 Å². The van der Waals surface area contributed by atoms with Gasteiger partial charge in [0.15, 0.2) is 11.6 Å². The SMILES string of the molecule is Cc1nonc1CC(=O)N1CC(Oc2ccccc2F)C1. The molecule has 0 unspecified atom stereocenters. The summed E-state index contributed by atoms with van der Waals surface area (Å²) in [6.45, 7) is 2.62. The van der Waals surface area contributed by atoms with Gasteiger partial charge in [0.1, 0.15) is 17.5 Å². The van der Waals surface area contributed by atoms with Gasteiger partial charge in [-0.2, -0.15) is 0 Å². The minimum absolute atomic E-state index is 0.0674. The Bertz CT molecular complexity index is 652. The second-order valence-corrected chi connectivity index (χ2v) is 4.94. The van der Waals surface area contributed by atoms with E-state index in [0.29, 0.717) is 24.5 Å². The Kier molecular flexibility index (Phi) is 3.55. The zero-order valence-corrected chi connectivity index (χ0v) is 11.5. The number of halogens is 1. The maximum Gasteiger partial charge on any atom is 0.229 e. The van der Waals surface area contributed by atoms with Gasteiger partial charge in [0.25, 0.3) is 0 Å². The van der Waals surface area contributed by atoms with Crippen LogP contribution >= 0.6 is 0 Å². The Balaban J connectivity index is 1.51. The predicted molar refractivity (Wildman–Crippen MR) is 70.1 cm³/mol. The molecular formula is C14H14FN3O3. The predicted octanol–water partition coefficient (Wildman–Crippen LogP) is 1.35. The zero-order valence-electron chi connectivity index (χ0n) is 11.5. The summed E-state index contributed by atoms with van der Waals surface area (Å²) in [5, 5.41) is 7.31. The molecule has 0 bridgehead atoms. The summed E-state index contributed by atoms with van der Waals surface area (Å²) >= 11 is 0. The molecule has 1 saturated heterocycles. The molecule has 7 heteroatoms. The molecule has 6 nitrogen and oxygen atoms in total. The highest BCUT2D eigenvalue weighted by atomic mass is 19.1. The zero-order chi connectivity index (χ0) is 14.8. The summed E-state index contributed by atoms with van der Waals surface area (Å²) < 4.78 is 23.5. The minimum Gasteiger partial charge on any atom is -0.484 e. The van der Waals surface area contributed by atoms with Crippen LogP contribution in [0.1, 0.15) is 11.4 Å². The number of hydrogen-bond acceptors (Lipinski definition) is 5. The van der Waals surface area contributed by atoms with E-state index in [9.17, 15) is 9.18 Å². The average Bonchev–Trinajstić information content (AvgIpc) is 2.81. The first-order valence-corrected chi connectivity index (χ1v) is 6.60. The summed E-state index contributed by atoms with van der Waals surface area (Å²) in [6, 6.07) is 6.23. The van der Waals surface area contributed by atoms with Crippen molar-refractivity contribution in [1.82, 2.24) is 15.2 Å². The Morgan fingerprint density at radius 1 is 1.43 bits per heavy atom. The molecule has 1 aliphatic rings. The van der Waals surface area contributed by atoms with E-state index in [0.717, 1.165) is 0 Å². The lowest BCUT2D eigenvalue weighted by molar-refractivity contribution is -0.139. The van der Waals surface area contributed by atoms with Gasteiger partial charge in [-0.05, 0) is 19.1 Å². The first kappa shape index (κ1) is 13.5. The standard InChI is InChI=1S/C14H14FN3O3/c1-9-12(17-21-16-9)6-14(19)18-7-10(8-18)20-13-5-3-2-4-11(13)15/h2-5,10H,6-8H2,1H3. The largest absolute Gasteiger partial charge is 0.484 e. The molecule has 0 atom stereocenters. The van der Waals surface area contributed by atoms with Crippen LogP contribution in [0.3, 0.4) is 0 Å². The monoisotopic (exact) mass is 291 g/mol. The van der Waals surface area contributed by atoms with Crippen LogP contribution in [-0.4, -0.2) is 40.3 Å². The molecule has 0 spiro atoms. The fourth-order valence-electron chi connectivity index (χ4n) is 2.10. The van der Waals surface area contributed by atoms with Crippen molar-refractivity contribution in [3.8, 4) is 5.75 Å². The Hall–Kier alpha value is -2.44. The number of likely N-dealkylation sites (tertiary alicyclic amines) is 1. The van der Waals surface area contributed by atoms with Crippen LogP contribution in [0, 0.1) is 12.7 Å². The molecule has 1 fully saturated rings. The number of carbonyl (C=O) groups is 1. The molecule has 3 rings (SSSR count). The molecule has 0 saturated carbocycles. The number of aryl methyl sites for hydroxylation is 1. The van der Waals surface area contributed by atoms with E-state index in [1.165, 1.54) is 6.07 Å². The van der Waals surface area contributed by atoms with Crippen molar-refractivity contribution in [3.05, 3.63) is 41.5 Å². The number of para-hydroxylation sites is 1. The van der Waals surface area contributed by atoms with Gasteiger partial charge in [-0.25, -0.2) is 9.02 Å². The number of rotatable bonds is 4. The van der Waals surface area contributed by atoms with E-state index in [4.69, 9.17) is 4.74 Å². The third kappa shape index (κ3) is 2.86. The van der Waals surface area contributed by atoms with Crippen LogP contribution in [0.25, 0.3) is 0 Å². The lowest BCUT2D eigenvalue weighted by Crippen LogP contribution is -2.56. The van der Waals surface area contributed by atoms with Crippen molar-refractivity contribution in [1.29, 1.82) is 0 Å². The minimum atomic E-state index is -0.397. The highest BCUT2D eigenvalue weighted by Crippen LogP contribution is 2.21. The third-order valence-corrected chi connectivity index (χ3v) is 3.40. The van der Waals surface area contributed by atoms with Crippen molar-refractivity contribution in [2.24, 2.45) is 0 Å². The Morgan fingerprint density at radius 2 is 2.19 bits per heavy atom. The lowest BCUT2D eigenvalue weighted by Gasteiger charge is -2.38. The van der Waals surface area contributed by atoms with Gasteiger partial charge in [-0.1, -0.05) is 22.4 Å². The molecule has 2 heterocycles. The van der Waals surface area contributed by atoms with Gasteiger partial charge in [-0.3, -0.25) is 4.79 Å². The molecule has 0 aliphatic carbocycles. The second-order valence-electron chi connectivity index (χ2n) is 4.94. The maximum absolute atomic E-state index is 13.4. The topological polar surface area (TPSA) is 68.5 Å². The van der Waals surface area contributed by atoms with Crippen molar-refractivity contribution in [2.45, 2.75) is 19.4 Å². The van der Waals surface area contributed by atoms with Crippen molar-refractivity contribution in [2.75, 3.05) is 13.1 Å². The summed E-state index contributed by atoms with van der Waals surface area (Å²) in [5.41, 5.74) is 1.15. The summed E-state index contributed by atoms with van der Waals surface area (Å²) in [4.78, 5) is 13.6. The van der Waals surface area contributed by atoms with Gasteiger partial charge in [-0.15, -0.1) is 0 Å². The highest BCUT2D eigenvalue weighted by Gasteiger charge is 2.33. The molecule has 1 amide bonds. The number of benzene rings is 1. The van der Waals surface area contributed by atoms with Gasteiger partial charge in [0, 0.05) is 0 Å². The summed E-state index contributed by atoms with van der Waals surface area (Å²) in [7, 11) is 0. The number of carbonyl (C=O) groups excluding carboxylic acids is 1. The van der Waals surface area contributed by atoms with Gasteiger partial charge >= 0.3 is 0 Å². The lowest BCUT2D eigenvalue weighted by atomic mass is 10.1. The van der Waals surface area contributed by atoms with E-state index >= 15 is 0 Å². The fraction of sp³-hybridized carbons (Fsp3) is 0.357. The van der Waals surface area contributed by atoms with Crippen molar-refractivity contribution >= 4 is 5.91 Å². The third-order valence-electron chi connectivity index (χ3n) is 3.40. The number of aromatic nitrogens is 2. The first-order chi connectivity index (χ1) is 10.1. The van der Waals surface area contributed by atoms with Gasteiger partial charge < -0.3 is 9.64 Å². The molecule has 0 N–H and O–H groups in total. The molecule has 0 radical (unpaired) electrons. The average molecular weight is 291 g/mol. The van der Waals surface area contributed by atoms with E-state index in [2.05, 4.69) is 14.9 Å². The highest BCUT2D eigenvalue weighted by molar-refractivity contribution is 5.79. The smallest absolute Gasteiger partial charge is 0.229 e. The second kappa shape index (κ2) is 5.51. The summed E-state index contributed by atoms with van der Waals surface area (Å²) in [6.07, 6.45) is -0.0238.